The highest BCUT2D eigenvalue weighted by Crippen LogP contribution is 2.42. The third-order valence-corrected chi connectivity index (χ3v) is 11.1. The zero-order valence-corrected chi connectivity index (χ0v) is 25.8. The molecule has 1 spiro atoms. The molecular formula is C31H36N10O2S. The van der Waals surface area contributed by atoms with Crippen LogP contribution in [0.1, 0.15) is 49.7 Å². The monoisotopic (exact) mass is 612 g/mol. The van der Waals surface area contributed by atoms with Crippen LogP contribution in [0, 0.1) is 17.3 Å². The maximum atomic E-state index is 12.6. The first kappa shape index (κ1) is 28.5. The maximum Gasteiger partial charge on any atom is 0.256 e. The van der Waals surface area contributed by atoms with E-state index in [0.717, 1.165) is 34.0 Å². The molecule has 0 unspecified atom stereocenters. The van der Waals surface area contributed by atoms with E-state index < -0.39 is 10.0 Å². The SMILES string of the molecule is CN1CCC2(CC1)CCN(c1cc(Nc3ccnc(-c4cnn(S(=O)(=O)C5CC5)c4)n3)ncc1C#Cc1cnn(C)c1)CC2. The smallest absolute Gasteiger partial charge is 0.256 e. The quantitative estimate of drug-likeness (QED) is 0.324. The van der Waals surface area contributed by atoms with Crippen LogP contribution >= 0.6 is 0 Å². The molecule has 2 aliphatic heterocycles. The molecule has 6 heterocycles. The Morgan fingerprint density at radius 3 is 2.41 bits per heavy atom. The van der Waals surface area contributed by atoms with E-state index in [2.05, 4.69) is 59.2 Å². The topological polar surface area (TPSA) is 127 Å². The predicted octanol–water partition coefficient (Wildman–Crippen LogP) is 3.26. The van der Waals surface area contributed by atoms with Crippen molar-refractivity contribution in [3.8, 4) is 23.2 Å². The summed E-state index contributed by atoms with van der Waals surface area (Å²) >= 11 is 0. The second kappa shape index (κ2) is 11.3. The number of piperidine rings is 2. The summed E-state index contributed by atoms with van der Waals surface area (Å²) < 4.78 is 28.0. The Morgan fingerprint density at radius 2 is 1.68 bits per heavy atom. The summed E-state index contributed by atoms with van der Waals surface area (Å²) in [6.07, 6.45) is 16.3. The lowest BCUT2D eigenvalue weighted by atomic mass is 9.71. The van der Waals surface area contributed by atoms with Crippen molar-refractivity contribution in [3.05, 3.63) is 60.4 Å². The molecule has 0 radical (unpaired) electrons. The van der Waals surface area contributed by atoms with Gasteiger partial charge in [-0.3, -0.25) is 4.68 Å². The van der Waals surface area contributed by atoms with Gasteiger partial charge in [0.05, 0.1) is 46.2 Å². The fraction of sp³-hybridized carbons (Fsp3) is 0.452. The number of nitrogens with one attached hydrogen (secondary N) is 1. The summed E-state index contributed by atoms with van der Waals surface area (Å²) in [6.45, 7) is 4.28. The molecule has 3 aliphatic rings. The van der Waals surface area contributed by atoms with Crippen molar-refractivity contribution in [2.75, 3.05) is 43.4 Å². The Kier molecular flexibility index (Phi) is 7.34. The number of anilines is 3. The first-order chi connectivity index (χ1) is 21.3. The molecule has 12 nitrogen and oxygen atoms in total. The number of rotatable bonds is 6. The van der Waals surface area contributed by atoms with Gasteiger partial charge in [0.2, 0.25) is 0 Å². The fourth-order valence-electron chi connectivity index (χ4n) is 6.09. The summed E-state index contributed by atoms with van der Waals surface area (Å²) in [5, 5.41) is 11.3. The predicted molar refractivity (Wildman–Crippen MR) is 168 cm³/mol. The van der Waals surface area contributed by atoms with Crippen molar-refractivity contribution in [3.63, 3.8) is 0 Å². The third-order valence-electron chi connectivity index (χ3n) is 9.08. The van der Waals surface area contributed by atoms with Gasteiger partial charge in [0.25, 0.3) is 10.0 Å². The van der Waals surface area contributed by atoms with Crippen LogP contribution in [0.2, 0.25) is 0 Å². The average molecular weight is 613 g/mol. The molecule has 0 amide bonds. The Morgan fingerprint density at radius 1 is 0.909 bits per heavy atom. The van der Waals surface area contributed by atoms with Crippen LogP contribution in [0.25, 0.3) is 11.4 Å². The molecule has 1 N–H and O–H groups in total. The summed E-state index contributed by atoms with van der Waals surface area (Å²) in [5.41, 5.74) is 3.73. The molecule has 4 aromatic heterocycles. The number of aryl methyl sites for hydroxylation is 1. The Bertz CT molecular complexity index is 1830. The van der Waals surface area contributed by atoms with E-state index in [1.54, 1.807) is 23.1 Å². The van der Waals surface area contributed by atoms with Crippen molar-refractivity contribution >= 4 is 27.3 Å². The first-order valence-corrected chi connectivity index (χ1v) is 16.6. The highest BCUT2D eigenvalue weighted by Gasteiger charge is 2.38. The molecule has 3 fully saturated rings. The highest BCUT2D eigenvalue weighted by molar-refractivity contribution is 7.90. The minimum Gasteiger partial charge on any atom is -0.370 e. The van der Waals surface area contributed by atoms with E-state index in [0.29, 0.717) is 41.3 Å². The largest absolute Gasteiger partial charge is 0.370 e. The lowest BCUT2D eigenvalue weighted by Crippen LogP contribution is -2.46. The molecule has 0 aromatic carbocycles. The number of aromatic nitrogens is 7. The standard InChI is InChI=1S/C31H36N10O2S/c1-38-13-8-31(9-14-38)10-15-40(16-11-31)27-17-29(33-19-24(27)4-3-23-18-34-39(2)21-23)36-28-7-12-32-30(37-28)25-20-35-41(22-25)44(42,43)26-5-6-26/h7,12,17-22,26H,5-6,8-11,13-16H2,1-2H3,(H,32,33,36,37). The van der Waals surface area contributed by atoms with Crippen LogP contribution < -0.4 is 10.2 Å². The molecular weight excluding hydrogens is 576 g/mol. The molecule has 228 valence electrons. The van der Waals surface area contributed by atoms with E-state index in [9.17, 15) is 8.42 Å². The first-order valence-electron chi connectivity index (χ1n) is 15.1. The normalized spacial score (nSPS) is 18.6. The molecule has 13 heteroatoms. The van der Waals surface area contributed by atoms with E-state index in [4.69, 9.17) is 0 Å². The highest BCUT2D eigenvalue weighted by atomic mass is 32.2. The number of hydrogen-bond acceptors (Lipinski definition) is 10. The van der Waals surface area contributed by atoms with Gasteiger partial charge in [-0.1, -0.05) is 11.8 Å². The molecule has 1 aliphatic carbocycles. The molecule has 0 atom stereocenters. The van der Waals surface area contributed by atoms with E-state index >= 15 is 0 Å². The molecule has 44 heavy (non-hydrogen) atoms. The van der Waals surface area contributed by atoms with E-state index in [1.165, 1.54) is 51.2 Å². The Labute approximate surface area is 257 Å². The van der Waals surface area contributed by atoms with Gasteiger partial charge >= 0.3 is 0 Å². The zero-order chi connectivity index (χ0) is 30.3. The summed E-state index contributed by atoms with van der Waals surface area (Å²) in [5.74, 6) is 8.15. The number of likely N-dealkylation sites (tertiary alicyclic amines) is 1. The van der Waals surface area contributed by atoms with Crippen molar-refractivity contribution < 1.29 is 8.42 Å². The van der Waals surface area contributed by atoms with Gasteiger partial charge in [0.15, 0.2) is 5.82 Å². The second-order valence-corrected chi connectivity index (χ2v) is 14.3. The number of pyridine rings is 1. The van der Waals surface area contributed by atoms with Gasteiger partial charge in [-0.2, -0.15) is 14.3 Å². The second-order valence-electron chi connectivity index (χ2n) is 12.3. The van der Waals surface area contributed by atoms with Gasteiger partial charge in [0, 0.05) is 44.8 Å². The molecule has 2 saturated heterocycles. The third kappa shape index (κ3) is 5.92. The number of nitrogens with zero attached hydrogens (tertiary/aromatic N) is 9. The molecule has 7 rings (SSSR count). The summed E-state index contributed by atoms with van der Waals surface area (Å²) in [4.78, 5) is 18.5. The fourth-order valence-corrected chi connectivity index (χ4v) is 7.56. The van der Waals surface area contributed by atoms with Gasteiger partial charge in [0.1, 0.15) is 11.6 Å². The van der Waals surface area contributed by atoms with E-state index in [-0.39, 0.29) is 5.25 Å². The lowest BCUT2D eigenvalue weighted by Gasteiger charge is -2.47. The zero-order valence-electron chi connectivity index (χ0n) is 25.0. The van der Waals surface area contributed by atoms with Crippen molar-refractivity contribution in [2.45, 2.75) is 43.8 Å². The summed E-state index contributed by atoms with van der Waals surface area (Å²) in [6, 6.07) is 3.80. The Hall–Kier alpha value is -4.28. The molecule has 4 aromatic rings. The van der Waals surface area contributed by atoms with Crippen molar-refractivity contribution in [2.24, 2.45) is 12.5 Å². The van der Waals surface area contributed by atoms with Crippen LogP contribution in [-0.4, -0.2) is 85.7 Å². The van der Waals surface area contributed by atoms with Crippen LogP contribution in [-0.2, 0) is 17.1 Å². The number of hydrogen-bond donors (Lipinski definition) is 1. The summed E-state index contributed by atoms with van der Waals surface area (Å²) in [7, 11) is 0.634. The van der Waals surface area contributed by atoms with Crippen LogP contribution in [0.3, 0.4) is 0 Å². The van der Waals surface area contributed by atoms with Crippen LogP contribution in [0.5, 0.6) is 0 Å². The van der Waals surface area contributed by atoms with Gasteiger partial charge in [-0.05, 0) is 70.1 Å². The minimum absolute atomic E-state index is 0.351. The average Bonchev–Trinajstić information content (AvgIpc) is 3.63. The van der Waals surface area contributed by atoms with Gasteiger partial charge in [-0.15, -0.1) is 0 Å². The minimum atomic E-state index is -3.46. The maximum absolute atomic E-state index is 12.6. The van der Waals surface area contributed by atoms with Gasteiger partial charge in [-0.25, -0.2) is 23.4 Å². The Balaban J connectivity index is 1.14. The lowest BCUT2D eigenvalue weighted by molar-refractivity contribution is 0.0945. The molecule has 1 saturated carbocycles. The van der Waals surface area contributed by atoms with Crippen molar-refractivity contribution in [1.29, 1.82) is 0 Å². The van der Waals surface area contributed by atoms with Crippen LogP contribution in [0.15, 0.2) is 49.3 Å². The van der Waals surface area contributed by atoms with E-state index in [1.807, 2.05) is 25.5 Å². The van der Waals surface area contributed by atoms with Gasteiger partial charge < -0.3 is 15.1 Å². The van der Waals surface area contributed by atoms with Crippen LogP contribution in [0.4, 0.5) is 17.3 Å². The molecule has 0 bridgehead atoms. The van der Waals surface area contributed by atoms with Crippen molar-refractivity contribution in [1.82, 2.24) is 38.8 Å².